The molecule has 0 saturated carbocycles. The summed E-state index contributed by atoms with van der Waals surface area (Å²) in [5.74, 6) is 0.880. The van der Waals surface area contributed by atoms with Gasteiger partial charge in [0.1, 0.15) is 5.75 Å². The monoisotopic (exact) mass is 282 g/mol. The molecule has 0 aliphatic carbocycles. The maximum atomic E-state index is 5.64. The first-order valence-corrected chi connectivity index (χ1v) is 6.02. The molecule has 1 aromatic heterocycles. The molecule has 3 N–H and O–H groups in total. The van der Waals surface area contributed by atoms with Crippen LogP contribution in [-0.2, 0) is 6.42 Å². The topological polar surface area (TPSA) is 51.0 Å². The predicted octanol–water partition coefficient (Wildman–Crippen LogP) is 2.75. The third-order valence-corrected chi connectivity index (χ3v) is 3.41. The molecule has 0 fully saturated rings. The molecule has 0 radical (unpaired) electrons. The van der Waals surface area contributed by atoms with E-state index in [1.165, 1.54) is 5.56 Å². The maximum absolute atomic E-state index is 5.64. The van der Waals surface area contributed by atoms with Gasteiger partial charge in [-0.05, 0) is 53.5 Å². The van der Waals surface area contributed by atoms with Crippen molar-refractivity contribution in [2.45, 2.75) is 13.3 Å². The van der Waals surface area contributed by atoms with Gasteiger partial charge in [-0.25, -0.2) is 0 Å². The Hall–Kier alpha value is -1.00. The van der Waals surface area contributed by atoms with Crippen LogP contribution in [0.4, 0.5) is 0 Å². The quantitative estimate of drug-likeness (QED) is 0.910. The van der Waals surface area contributed by atoms with Crippen LogP contribution in [0.1, 0.15) is 11.3 Å². The fourth-order valence-electron chi connectivity index (χ4n) is 2.08. The van der Waals surface area contributed by atoms with Crippen molar-refractivity contribution >= 4 is 26.8 Å². The second-order valence-electron chi connectivity index (χ2n) is 3.77. The molecule has 1 aromatic carbocycles. The van der Waals surface area contributed by atoms with Gasteiger partial charge in [0.2, 0.25) is 0 Å². The zero-order valence-corrected chi connectivity index (χ0v) is 11.0. The smallest absolute Gasteiger partial charge is 0.142 e. The molecule has 0 aliphatic heterocycles. The van der Waals surface area contributed by atoms with Gasteiger partial charge in [-0.15, -0.1) is 0 Å². The van der Waals surface area contributed by atoms with Crippen molar-refractivity contribution in [2.75, 3.05) is 13.7 Å². The third kappa shape index (κ3) is 1.72. The summed E-state index contributed by atoms with van der Waals surface area (Å²) in [5, 5.41) is 1.14. The minimum absolute atomic E-state index is 0.642. The van der Waals surface area contributed by atoms with E-state index >= 15 is 0 Å². The molecule has 0 atom stereocenters. The van der Waals surface area contributed by atoms with E-state index < -0.39 is 0 Å². The molecule has 0 unspecified atom stereocenters. The van der Waals surface area contributed by atoms with Crippen LogP contribution in [0.3, 0.4) is 0 Å². The first kappa shape index (κ1) is 11.5. The highest BCUT2D eigenvalue weighted by Gasteiger charge is 2.14. The lowest BCUT2D eigenvalue weighted by molar-refractivity contribution is 0.417. The zero-order chi connectivity index (χ0) is 11.7. The highest BCUT2D eigenvalue weighted by Crippen LogP contribution is 2.37. The molecule has 2 aromatic rings. The van der Waals surface area contributed by atoms with E-state index in [0.29, 0.717) is 6.54 Å². The summed E-state index contributed by atoms with van der Waals surface area (Å²) in [6.45, 7) is 2.71. The van der Waals surface area contributed by atoms with E-state index in [0.717, 1.165) is 33.2 Å². The highest BCUT2D eigenvalue weighted by molar-refractivity contribution is 9.10. The van der Waals surface area contributed by atoms with Crippen LogP contribution in [-0.4, -0.2) is 18.6 Å². The predicted molar refractivity (Wildman–Crippen MR) is 70.0 cm³/mol. The minimum atomic E-state index is 0.642. The lowest BCUT2D eigenvalue weighted by Gasteiger charge is -2.07. The summed E-state index contributed by atoms with van der Waals surface area (Å²) in [4.78, 5) is 3.36. The Kier molecular flexibility index (Phi) is 3.21. The van der Waals surface area contributed by atoms with Crippen LogP contribution in [0, 0.1) is 6.92 Å². The average molecular weight is 283 g/mol. The number of benzene rings is 1. The molecule has 0 saturated heterocycles. The number of aromatic nitrogens is 1. The average Bonchev–Trinajstić information content (AvgIpc) is 2.57. The summed E-state index contributed by atoms with van der Waals surface area (Å²) in [6, 6.07) is 4.04. The Bertz CT molecular complexity index is 519. The number of rotatable bonds is 3. The van der Waals surface area contributed by atoms with Crippen molar-refractivity contribution < 1.29 is 4.74 Å². The van der Waals surface area contributed by atoms with Crippen LogP contribution >= 0.6 is 15.9 Å². The third-order valence-electron chi connectivity index (χ3n) is 2.78. The van der Waals surface area contributed by atoms with E-state index in [9.17, 15) is 0 Å². The van der Waals surface area contributed by atoms with Gasteiger partial charge in [-0.1, -0.05) is 0 Å². The van der Waals surface area contributed by atoms with Crippen molar-refractivity contribution in [3.05, 3.63) is 27.9 Å². The van der Waals surface area contributed by atoms with Crippen LogP contribution in [0.5, 0.6) is 5.75 Å². The number of ether oxygens (including phenoxy) is 1. The van der Waals surface area contributed by atoms with Crippen molar-refractivity contribution in [3.8, 4) is 5.75 Å². The van der Waals surface area contributed by atoms with E-state index in [1.54, 1.807) is 7.11 Å². The number of aromatic amines is 1. The van der Waals surface area contributed by atoms with E-state index in [1.807, 2.05) is 6.07 Å². The molecule has 0 spiro atoms. The standard InChI is InChI=1S/C12H15BrN2O/c1-7-8(5-6-14)11-10(15-7)4-3-9(13)12(11)16-2/h3-4,15H,5-6,14H2,1-2H3. The number of aryl methyl sites for hydroxylation is 1. The molecule has 0 amide bonds. The van der Waals surface area contributed by atoms with Crippen LogP contribution in [0.15, 0.2) is 16.6 Å². The number of hydrogen-bond donors (Lipinski definition) is 2. The van der Waals surface area contributed by atoms with Gasteiger partial charge in [0, 0.05) is 16.6 Å². The molecule has 86 valence electrons. The molecule has 1 heterocycles. The first-order chi connectivity index (χ1) is 7.69. The van der Waals surface area contributed by atoms with Gasteiger partial charge in [-0.2, -0.15) is 0 Å². The molecule has 0 bridgehead atoms. The Labute approximate surface area is 103 Å². The molecule has 4 heteroatoms. The van der Waals surface area contributed by atoms with E-state index in [-0.39, 0.29) is 0 Å². The second-order valence-corrected chi connectivity index (χ2v) is 4.62. The Balaban J connectivity index is 2.77. The van der Waals surface area contributed by atoms with Crippen LogP contribution < -0.4 is 10.5 Å². The summed E-state index contributed by atoms with van der Waals surface area (Å²) < 4.78 is 6.42. The summed E-state index contributed by atoms with van der Waals surface area (Å²) in [6.07, 6.45) is 0.860. The Morgan fingerprint density at radius 3 is 2.81 bits per heavy atom. The highest BCUT2D eigenvalue weighted by atomic mass is 79.9. The molecular formula is C12H15BrN2O. The number of H-pyrrole nitrogens is 1. The SMILES string of the molecule is COc1c(Br)ccc2[nH]c(C)c(CCN)c12. The summed E-state index contributed by atoms with van der Waals surface area (Å²) >= 11 is 3.50. The maximum Gasteiger partial charge on any atom is 0.142 e. The fourth-order valence-corrected chi connectivity index (χ4v) is 2.57. The number of nitrogens with two attached hydrogens (primary N) is 1. The minimum Gasteiger partial charge on any atom is -0.495 e. The normalized spacial score (nSPS) is 11.0. The lowest BCUT2D eigenvalue weighted by atomic mass is 10.1. The van der Waals surface area contributed by atoms with Gasteiger partial charge >= 0.3 is 0 Å². The van der Waals surface area contributed by atoms with Crippen molar-refractivity contribution in [2.24, 2.45) is 5.73 Å². The molecule has 0 aliphatic rings. The van der Waals surface area contributed by atoms with Crippen molar-refractivity contribution in [1.29, 1.82) is 0 Å². The number of halogens is 1. The van der Waals surface area contributed by atoms with Crippen LogP contribution in [0.2, 0.25) is 0 Å². The number of fused-ring (bicyclic) bond motifs is 1. The summed E-state index contributed by atoms with van der Waals surface area (Å²) in [5.41, 5.74) is 9.15. The Morgan fingerprint density at radius 2 is 2.19 bits per heavy atom. The van der Waals surface area contributed by atoms with Gasteiger partial charge in [0.15, 0.2) is 0 Å². The van der Waals surface area contributed by atoms with Crippen molar-refractivity contribution in [3.63, 3.8) is 0 Å². The molecular weight excluding hydrogens is 268 g/mol. The van der Waals surface area contributed by atoms with Crippen LogP contribution in [0.25, 0.3) is 10.9 Å². The van der Waals surface area contributed by atoms with Gasteiger partial charge in [0.05, 0.1) is 11.6 Å². The lowest BCUT2D eigenvalue weighted by Crippen LogP contribution is -2.03. The van der Waals surface area contributed by atoms with E-state index in [4.69, 9.17) is 10.5 Å². The number of methoxy groups -OCH3 is 1. The Morgan fingerprint density at radius 1 is 1.44 bits per heavy atom. The van der Waals surface area contributed by atoms with Gasteiger partial charge in [-0.3, -0.25) is 0 Å². The molecule has 2 rings (SSSR count). The number of nitrogens with one attached hydrogen (secondary N) is 1. The number of hydrogen-bond acceptors (Lipinski definition) is 2. The zero-order valence-electron chi connectivity index (χ0n) is 9.43. The molecule has 3 nitrogen and oxygen atoms in total. The largest absolute Gasteiger partial charge is 0.495 e. The van der Waals surface area contributed by atoms with Gasteiger partial charge < -0.3 is 15.5 Å². The molecule has 16 heavy (non-hydrogen) atoms. The second kappa shape index (κ2) is 4.47. The van der Waals surface area contributed by atoms with Gasteiger partial charge in [0.25, 0.3) is 0 Å². The van der Waals surface area contributed by atoms with E-state index in [2.05, 4.69) is 33.9 Å². The summed E-state index contributed by atoms with van der Waals surface area (Å²) in [7, 11) is 1.69. The van der Waals surface area contributed by atoms with Crippen molar-refractivity contribution in [1.82, 2.24) is 4.98 Å². The first-order valence-electron chi connectivity index (χ1n) is 5.22. The fraction of sp³-hybridized carbons (Fsp3) is 0.333.